The first-order chi connectivity index (χ1) is 13.0. The number of benzene rings is 1. The predicted molar refractivity (Wildman–Crippen MR) is 107 cm³/mol. The smallest absolute Gasteiger partial charge is 0.192 e. The van der Waals surface area contributed by atoms with Gasteiger partial charge in [0.05, 0.1) is 12.1 Å². The number of hydrogen-bond acceptors (Lipinski definition) is 4. The minimum absolute atomic E-state index is 0.0562. The zero-order valence-corrected chi connectivity index (χ0v) is 16.8. The molecule has 1 aromatic heterocycles. The lowest BCUT2D eigenvalue weighted by Crippen LogP contribution is -2.42. The quantitative estimate of drug-likeness (QED) is 0.586. The van der Waals surface area contributed by atoms with E-state index in [1.54, 1.807) is 0 Å². The molecule has 7 nitrogen and oxygen atoms in total. The van der Waals surface area contributed by atoms with Crippen LogP contribution < -0.4 is 10.6 Å². The molecular formula is C19H27ClN6O. The number of guanidine groups is 1. The second-order valence-electron chi connectivity index (χ2n) is 6.82. The van der Waals surface area contributed by atoms with Crippen molar-refractivity contribution < 1.29 is 4.74 Å². The topological polar surface area (TPSA) is 76.4 Å². The molecule has 146 valence electrons. The third kappa shape index (κ3) is 5.43. The molecule has 0 amide bonds. The van der Waals surface area contributed by atoms with Crippen molar-refractivity contribution >= 4 is 17.6 Å². The van der Waals surface area contributed by atoms with Crippen molar-refractivity contribution in [1.29, 1.82) is 0 Å². The van der Waals surface area contributed by atoms with Crippen molar-refractivity contribution in [3.63, 3.8) is 0 Å². The van der Waals surface area contributed by atoms with E-state index in [-0.39, 0.29) is 12.1 Å². The average molecular weight is 391 g/mol. The molecule has 3 rings (SSSR count). The normalized spacial score (nSPS) is 18.5. The van der Waals surface area contributed by atoms with Crippen LogP contribution in [-0.2, 0) is 18.3 Å². The summed E-state index contributed by atoms with van der Waals surface area (Å²) in [6.45, 7) is 6.02. The molecule has 2 heterocycles. The van der Waals surface area contributed by atoms with Crippen molar-refractivity contribution in [2.45, 2.75) is 45.4 Å². The van der Waals surface area contributed by atoms with Gasteiger partial charge in [-0.15, -0.1) is 10.2 Å². The Hall–Kier alpha value is -2.12. The van der Waals surface area contributed by atoms with E-state index in [0.717, 1.165) is 54.2 Å². The molecule has 2 unspecified atom stereocenters. The number of nitrogens with zero attached hydrogens (tertiary/aromatic N) is 4. The third-order valence-corrected chi connectivity index (χ3v) is 5.02. The fourth-order valence-corrected chi connectivity index (χ4v) is 3.17. The van der Waals surface area contributed by atoms with E-state index in [9.17, 15) is 0 Å². The first-order valence-corrected chi connectivity index (χ1v) is 9.67. The Labute approximate surface area is 165 Å². The van der Waals surface area contributed by atoms with Crippen molar-refractivity contribution in [3.8, 4) is 0 Å². The Kier molecular flexibility index (Phi) is 6.68. The molecule has 2 aromatic rings. The van der Waals surface area contributed by atoms with Gasteiger partial charge < -0.3 is 19.9 Å². The van der Waals surface area contributed by atoms with Gasteiger partial charge in [0.2, 0.25) is 0 Å². The number of halogens is 1. The highest BCUT2D eigenvalue weighted by atomic mass is 35.5. The van der Waals surface area contributed by atoms with E-state index in [1.165, 1.54) is 0 Å². The highest BCUT2D eigenvalue weighted by Crippen LogP contribution is 2.17. The van der Waals surface area contributed by atoms with Gasteiger partial charge >= 0.3 is 0 Å². The number of aliphatic imine (C=N–C) groups is 1. The number of aryl methyl sites for hydroxylation is 1. The van der Waals surface area contributed by atoms with Gasteiger partial charge in [-0.1, -0.05) is 23.7 Å². The van der Waals surface area contributed by atoms with Crippen LogP contribution >= 0.6 is 11.6 Å². The number of ether oxygens (including phenoxy) is 1. The summed E-state index contributed by atoms with van der Waals surface area (Å²) < 4.78 is 7.65. The summed E-state index contributed by atoms with van der Waals surface area (Å²) in [5.74, 6) is 2.41. The van der Waals surface area contributed by atoms with Crippen molar-refractivity contribution in [1.82, 2.24) is 25.4 Å². The molecule has 27 heavy (non-hydrogen) atoms. The van der Waals surface area contributed by atoms with E-state index in [0.29, 0.717) is 6.54 Å². The van der Waals surface area contributed by atoms with E-state index in [4.69, 9.17) is 21.3 Å². The molecule has 0 aliphatic carbocycles. The lowest BCUT2D eigenvalue weighted by atomic mass is 10.1. The van der Waals surface area contributed by atoms with Gasteiger partial charge in [0.15, 0.2) is 11.8 Å². The van der Waals surface area contributed by atoms with Gasteiger partial charge in [-0.05, 0) is 44.4 Å². The second-order valence-corrected chi connectivity index (χ2v) is 7.26. The Morgan fingerprint density at radius 1 is 1.44 bits per heavy atom. The van der Waals surface area contributed by atoms with E-state index in [2.05, 4.69) is 27.8 Å². The highest BCUT2D eigenvalue weighted by Gasteiger charge is 2.17. The molecule has 0 spiro atoms. The van der Waals surface area contributed by atoms with Crippen molar-refractivity contribution in [2.75, 3.05) is 13.2 Å². The minimum atomic E-state index is 0.0562. The molecule has 0 radical (unpaired) electrons. The van der Waals surface area contributed by atoms with E-state index < -0.39 is 0 Å². The van der Waals surface area contributed by atoms with Crippen LogP contribution in [0.15, 0.2) is 29.3 Å². The summed E-state index contributed by atoms with van der Waals surface area (Å²) >= 11 is 6.13. The van der Waals surface area contributed by atoms with Gasteiger partial charge in [0, 0.05) is 25.2 Å². The van der Waals surface area contributed by atoms with E-state index >= 15 is 0 Å². The molecule has 0 saturated carbocycles. The Bertz CT molecular complexity index is 784. The molecule has 2 atom stereocenters. The van der Waals surface area contributed by atoms with Crippen LogP contribution in [0.4, 0.5) is 0 Å². The number of rotatable bonds is 6. The first-order valence-electron chi connectivity index (χ1n) is 9.29. The van der Waals surface area contributed by atoms with Crippen LogP contribution in [-0.4, -0.2) is 40.0 Å². The molecule has 0 bridgehead atoms. The van der Waals surface area contributed by atoms with Crippen LogP contribution in [0.1, 0.15) is 43.0 Å². The van der Waals surface area contributed by atoms with Gasteiger partial charge in [-0.25, -0.2) is 4.99 Å². The van der Waals surface area contributed by atoms with Gasteiger partial charge in [0.1, 0.15) is 12.4 Å². The number of nitrogens with one attached hydrogen (secondary N) is 2. The molecule has 1 saturated heterocycles. The van der Waals surface area contributed by atoms with Gasteiger partial charge in [0.25, 0.3) is 0 Å². The lowest BCUT2D eigenvalue weighted by molar-refractivity contribution is 0.113. The first kappa shape index (κ1) is 19.6. The maximum atomic E-state index is 6.13. The molecule has 1 aliphatic rings. The summed E-state index contributed by atoms with van der Waals surface area (Å²) in [6.07, 6.45) is 2.42. The van der Waals surface area contributed by atoms with Crippen LogP contribution in [0, 0.1) is 6.92 Å². The van der Waals surface area contributed by atoms with Crippen molar-refractivity contribution in [2.24, 2.45) is 12.0 Å². The standard InChI is InChI=1S/C19H27ClN6O/c1-13(15-6-4-7-16(20)10-15)23-19(21-11-17-8-5-9-27-17)22-12-18-25-24-14(2)26(18)3/h4,6-7,10,13,17H,5,8-9,11-12H2,1-3H3,(H2,21,22,23). The van der Waals surface area contributed by atoms with E-state index in [1.807, 2.05) is 42.8 Å². The van der Waals surface area contributed by atoms with Gasteiger partial charge in [-0.2, -0.15) is 0 Å². The highest BCUT2D eigenvalue weighted by molar-refractivity contribution is 6.30. The van der Waals surface area contributed by atoms with Crippen LogP contribution in [0.2, 0.25) is 5.02 Å². The molecular weight excluding hydrogens is 364 g/mol. The monoisotopic (exact) mass is 390 g/mol. The SMILES string of the molecule is Cc1nnc(CN=C(NCC2CCCO2)NC(C)c2cccc(Cl)c2)n1C. The Morgan fingerprint density at radius 3 is 2.96 bits per heavy atom. The summed E-state index contributed by atoms with van der Waals surface area (Å²) in [5, 5.41) is 15.8. The maximum absolute atomic E-state index is 6.13. The predicted octanol–water partition coefficient (Wildman–Crippen LogP) is 2.75. The van der Waals surface area contributed by atoms with Gasteiger partial charge in [-0.3, -0.25) is 0 Å². The van der Waals surface area contributed by atoms with Crippen LogP contribution in [0.5, 0.6) is 0 Å². The lowest BCUT2D eigenvalue weighted by Gasteiger charge is -2.20. The van der Waals surface area contributed by atoms with Crippen LogP contribution in [0.25, 0.3) is 0 Å². The molecule has 2 N–H and O–H groups in total. The fourth-order valence-electron chi connectivity index (χ4n) is 2.97. The molecule has 8 heteroatoms. The maximum Gasteiger partial charge on any atom is 0.192 e. The molecule has 1 aliphatic heterocycles. The minimum Gasteiger partial charge on any atom is -0.376 e. The Morgan fingerprint density at radius 2 is 2.30 bits per heavy atom. The van der Waals surface area contributed by atoms with Crippen LogP contribution in [0.3, 0.4) is 0 Å². The third-order valence-electron chi connectivity index (χ3n) is 4.78. The molecule has 1 fully saturated rings. The summed E-state index contributed by atoms with van der Waals surface area (Å²) in [7, 11) is 1.95. The fraction of sp³-hybridized carbons (Fsp3) is 0.526. The average Bonchev–Trinajstić information content (AvgIpc) is 3.28. The number of aromatic nitrogens is 3. The zero-order valence-electron chi connectivity index (χ0n) is 16.1. The second kappa shape index (κ2) is 9.19. The zero-order chi connectivity index (χ0) is 19.2. The summed E-state index contributed by atoms with van der Waals surface area (Å²) in [6, 6.07) is 7.89. The number of hydrogen-bond donors (Lipinski definition) is 2. The Balaban J connectivity index is 1.69. The largest absolute Gasteiger partial charge is 0.376 e. The summed E-state index contributed by atoms with van der Waals surface area (Å²) in [4.78, 5) is 4.70. The molecule has 1 aromatic carbocycles. The van der Waals surface area contributed by atoms with Crippen molar-refractivity contribution in [3.05, 3.63) is 46.5 Å². The summed E-state index contributed by atoms with van der Waals surface area (Å²) in [5.41, 5.74) is 1.10.